The van der Waals surface area contributed by atoms with Gasteiger partial charge in [0.15, 0.2) is 5.69 Å². The molecule has 4 nitrogen and oxygen atoms in total. The van der Waals surface area contributed by atoms with Gasteiger partial charge in [-0.2, -0.15) is 5.26 Å². The van der Waals surface area contributed by atoms with Crippen LogP contribution < -0.4 is 9.80 Å². The SMILES string of the molecule is [C-]#[N+]c1cc(/C=C/c2ccc(N(c3ccccc3)c3ccc(C(C)(C)C)c4ccccc34)cc2)c(C#N)cc1/C=C/c1ccc(N(c2ccccc2)c2ccc(C(C)(C)C)c3ccccc23)cc1. The van der Waals surface area contributed by atoms with Crippen LogP contribution in [0.25, 0.3) is 50.7 Å². The summed E-state index contributed by atoms with van der Waals surface area (Å²) >= 11 is 0. The quantitative estimate of drug-likeness (QED) is 0.101. The molecule has 0 N–H and O–H groups in total. The van der Waals surface area contributed by atoms with Gasteiger partial charge in [0.25, 0.3) is 0 Å². The number of fused-ring (bicyclic) bond motifs is 2. The average Bonchev–Trinajstić information content (AvgIpc) is 3.36. The Morgan fingerprint density at radius 3 is 1.21 bits per heavy atom. The number of benzene rings is 9. The van der Waals surface area contributed by atoms with Crippen LogP contribution >= 0.6 is 0 Å². The van der Waals surface area contributed by atoms with Crippen LogP contribution in [0.1, 0.15) is 80.5 Å². The van der Waals surface area contributed by atoms with Crippen molar-refractivity contribution in [2.24, 2.45) is 0 Å². The Bertz CT molecular complexity index is 3180. The van der Waals surface area contributed by atoms with Crippen LogP contribution in [0.4, 0.5) is 39.8 Å². The third kappa shape index (κ3) is 9.19. The van der Waals surface area contributed by atoms with Crippen LogP contribution in [0, 0.1) is 17.9 Å². The zero-order valence-electron chi connectivity index (χ0n) is 39.6. The monoisotopic (exact) mass is 878 g/mol. The van der Waals surface area contributed by atoms with Crippen molar-refractivity contribution in [3.63, 3.8) is 0 Å². The van der Waals surface area contributed by atoms with Gasteiger partial charge in [-0.25, -0.2) is 4.85 Å². The van der Waals surface area contributed by atoms with E-state index in [0.717, 1.165) is 45.3 Å². The second-order valence-electron chi connectivity index (χ2n) is 19.3. The van der Waals surface area contributed by atoms with Gasteiger partial charge in [0.05, 0.1) is 29.6 Å². The van der Waals surface area contributed by atoms with Crippen molar-refractivity contribution in [1.82, 2.24) is 0 Å². The highest BCUT2D eigenvalue weighted by Gasteiger charge is 2.23. The minimum atomic E-state index is -0.00112. The van der Waals surface area contributed by atoms with E-state index in [1.807, 2.05) is 48.6 Å². The van der Waals surface area contributed by atoms with E-state index in [4.69, 9.17) is 6.57 Å². The molecule has 0 fully saturated rings. The van der Waals surface area contributed by atoms with Crippen molar-refractivity contribution in [2.75, 3.05) is 9.80 Å². The first kappa shape index (κ1) is 44.7. The van der Waals surface area contributed by atoms with Crippen molar-refractivity contribution >= 4 is 85.7 Å². The fourth-order valence-corrected chi connectivity index (χ4v) is 9.20. The number of anilines is 6. The fraction of sp³-hybridized carbons (Fsp3) is 0.125. The smallest absolute Gasteiger partial charge is 0.194 e. The van der Waals surface area contributed by atoms with Gasteiger partial charge in [0.2, 0.25) is 0 Å². The number of hydrogen-bond acceptors (Lipinski definition) is 3. The van der Waals surface area contributed by atoms with E-state index in [-0.39, 0.29) is 10.8 Å². The van der Waals surface area contributed by atoms with E-state index in [1.54, 1.807) is 0 Å². The zero-order chi connectivity index (χ0) is 47.4. The Labute approximate surface area is 401 Å². The highest BCUT2D eigenvalue weighted by molar-refractivity contribution is 6.02. The molecule has 68 heavy (non-hydrogen) atoms. The molecule has 0 aromatic heterocycles. The van der Waals surface area contributed by atoms with Gasteiger partial charge in [0, 0.05) is 33.5 Å². The first-order valence-electron chi connectivity index (χ1n) is 23.2. The molecule has 0 heterocycles. The summed E-state index contributed by atoms with van der Waals surface area (Å²) in [7, 11) is 0. The minimum Gasteiger partial charge on any atom is -0.310 e. The number of hydrogen-bond donors (Lipinski definition) is 0. The minimum absolute atomic E-state index is 0.000941. The van der Waals surface area contributed by atoms with E-state index >= 15 is 0 Å². The van der Waals surface area contributed by atoms with Crippen molar-refractivity contribution < 1.29 is 0 Å². The maximum atomic E-state index is 10.3. The van der Waals surface area contributed by atoms with Crippen LogP contribution in [0.15, 0.2) is 194 Å². The van der Waals surface area contributed by atoms with Gasteiger partial charge in [-0.3, -0.25) is 0 Å². The molecule has 0 spiro atoms. The highest BCUT2D eigenvalue weighted by Crippen LogP contribution is 2.44. The molecule has 0 aliphatic carbocycles. The van der Waals surface area contributed by atoms with Gasteiger partial charge in [0.1, 0.15) is 0 Å². The molecule has 0 saturated carbocycles. The molecular formula is C64H54N4. The van der Waals surface area contributed by atoms with Crippen LogP contribution in [0.5, 0.6) is 0 Å². The summed E-state index contributed by atoms with van der Waals surface area (Å²) in [6.45, 7) is 21.7. The van der Waals surface area contributed by atoms with Crippen LogP contribution in [0.2, 0.25) is 0 Å². The van der Waals surface area contributed by atoms with Crippen LogP contribution in [0.3, 0.4) is 0 Å². The lowest BCUT2D eigenvalue weighted by Crippen LogP contribution is -2.14. The van der Waals surface area contributed by atoms with Gasteiger partial charge in [-0.15, -0.1) is 0 Å². The van der Waals surface area contributed by atoms with Crippen LogP contribution in [-0.2, 0) is 10.8 Å². The normalized spacial score (nSPS) is 11.8. The van der Waals surface area contributed by atoms with Gasteiger partial charge >= 0.3 is 0 Å². The summed E-state index contributed by atoms with van der Waals surface area (Å²) in [4.78, 5) is 8.52. The van der Waals surface area contributed by atoms with Gasteiger partial charge in [-0.1, -0.05) is 187 Å². The largest absolute Gasteiger partial charge is 0.310 e. The van der Waals surface area contributed by atoms with E-state index in [2.05, 4.69) is 232 Å². The van der Waals surface area contributed by atoms with Gasteiger partial charge in [-0.05, 0) is 128 Å². The molecule has 0 atom stereocenters. The maximum absolute atomic E-state index is 10.3. The third-order valence-electron chi connectivity index (χ3n) is 12.6. The molecule has 0 radical (unpaired) electrons. The fourth-order valence-electron chi connectivity index (χ4n) is 9.20. The Kier molecular flexibility index (Phi) is 12.4. The lowest BCUT2D eigenvalue weighted by molar-refractivity contribution is 0.595. The number of rotatable bonds is 10. The Morgan fingerprint density at radius 1 is 0.426 bits per heavy atom. The number of nitrogens with zero attached hydrogens (tertiary/aromatic N) is 4. The molecule has 4 heteroatoms. The summed E-state index contributed by atoms with van der Waals surface area (Å²) in [5.41, 5.74) is 13.4. The average molecular weight is 879 g/mol. The summed E-state index contributed by atoms with van der Waals surface area (Å²) < 4.78 is 0. The summed E-state index contributed by atoms with van der Waals surface area (Å²) in [5, 5.41) is 15.2. The highest BCUT2D eigenvalue weighted by atomic mass is 15.1. The van der Waals surface area contributed by atoms with E-state index in [0.29, 0.717) is 22.4 Å². The Hall–Kier alpha value is -8.44. The third-order valence-corrected chi connectivity index (χ3v) is 12.6. The molecule has 0 aliphatic heterocycles. The van der Waals surface area contributed by atoms with Crippen molar-refractivity contribution in [3.8, 4) is 6.07 Å². The molecule has 9 rings (SSSR count). The maximum Gasteiger partial charge on any atom is 0.194 e. The molecule has 0 aliphatic rings. The second-order valence-corrected chi connectivity index (χ2v) is 19.3. The predicted octanol–water partition coefficient (Wildman–Crippen LogP) is 18.3. The molecule has 330 valence electrons. The second kappa shape index (κ2) is 18.8. The van der Waals surface area contributed by atoms with Crippen molar-refractivity contribution in [3.05, 3.63) is 244 Å². The van der Waals surface area contributed by atoms with Gasteiger partial charge < -0.3 is 9.80 Å². The molecule has 0 amide bonds. The number of nitriles is 1. The molecule has 0 bridgehead atoms. The van der Waals surface area contributed by atoms with E-state index < -0.39 is 0 Å². The molecule has 0 unspecified atom stereocenters. The predicted molar refractivity (Wildman–Crippen MR) is 290 cm³/mol. The van der Waals surface area contributed by atoms with E-state index in [1.165, 1.54) is 32.7 Å². The number of para-hydroxylation sites is 2. The summed E-state index contributed by atoms with van der Waals surface area (Å²) in [5.74, 6) is 0. The topological polar surface area (TPSA) is 34.6 Å². The van der Waals surface area contributed by atoms with Crippen molar-refractivity contribution in [2.45, 2.75) is 52.4 Å². The zero-order valence-corrected chi connectivity index (χ0v) is 39.6. The molecular weight excluding hydrogens is 825 g/mol. The standard InChI is InChI=1S/C64H54N4/c1-63(2,3)58-38-40-61(56-24-16-14-22-54(56)58)67(50-18-10-8-11-19-50)52-34-28-45(29-35-52)26-32-47-43-60(66-7)48(42-49(47)44-65)33-27-46-30-36-53(37-31-46)68(51-20-12-9-13-21-51)62-41-39-59(64(4,5)6)55-23-15-17-25-57(55)62/h8-43H,1-6H3/b32-26+,33-27+. The Balaban J connectivity index is 0.979. The molecule has 9 aromatic carbocycles. The summed E-state index contributed by atoms with van der Waals surface area (Å²) in [6, 6.07) is 70.3. The van der Waals surface area contributed by atoms with Crippen molar-refractivity contribution in [1.29, 1.82) is 5.26 Å². The molecule has 9 aromatic rings. The first-order chi connectivity index (χ1) is 32.9. The van der Waals surface area contributed by atoms with Crippen LogP contribution in [-0.4, -0.2) is 0 Å². The van der Waals surface area contributed by atoms with E-state index in [9.17, 15) is 5.26 Å². The Morgan fingerprint density at radius 2 is 0.809 bits per heavy atom. The lowest BCUT2D eigenvalue weighted by atomic mass is 9.83. The molecule has 0 saturated heterocycles. The lowest BCUT2D eigenvalue weighted by Gasteiger charge is -2.29. The first-order valence-corrected chi connectivity index (χ1v) is 23.2. The summed E-state index contributed by atoms with van der Waals surface area (Å²) in [6.07, 6.45) is 7.88.